The summed E-state index contributed by atoms with van der Waals surface area (Å²) < 4.78 is 0. The molecule has 0 fully saturated rings. The molecule has 0 radical (unpaired) electrons. The minimum absolute atomic E-state index is 0.447. The van der Waals surface area contributed by atoms with E-state index < -0.39 is 18.9 Å². The number of aliphatic carboxylic acids is 1. The van der Waals surface area contributed by atoms with Crippen LogP contribution in [0.3, 0.4) is 0 Å². The molecule has 0 aliphatic carbocycles. The van der Waals surface area contributed by atoms with Crippen molar-refractivity contribution in [3.05, 3.63) is 0 Å². The van der Waals surface area contributed by atoms with Gasteiger partial charge in [0.25, 0.3) is 0 Å². The maximum Gasteiger partial charge on any atom is 0.317 e. The van der Waals surface area contributed by atoms with Crippen molar-refractivity contribution in [1.82, 2.24) is 5.32 Å². The summed E-state index contributed by atoms with van der Waals surface area (Å²) >= 11 is 0. The molecule has 5 heteroatoms. The molecule has 0 aromatic carbocycles. The molecular formula is C3H7NO4. The highest BCUT2D eigenvalue weighted by molar-refractivity contribution is 5.68. The second-order valence-electron chi connectivity index (χ2n) is 1.15. The number of carboxylic acid groups (broad SMARTS) is 1. The predicted molar refractivity (Wildman–Crippen MR) is 23.9 cm³/mol. The average molecular weight is 121 g/mol. The second kappa shape index (κ2) is 3.36. The van der Waals surface area contributed by atoms with Crippen LogP contribution in [0.25, 0.3) is 0 Å². The monoisotopic (exact) mass is 121 g/mol. The number of carbonyl (C=O) groups is 1. The molecule has 8 heavy (non-hydrogen) atoms. The van der Waals surface area contributed by atoms with Crippen molar-refractivity contribution in [3.8, 4) is 0 Å². The third kappa shape index (κ3) is 5.35. The maximum absolute atomic E-state index is 9.62. The number of carboxylic acids is 1. The van der Waals surface area contributed by atoms with Gasteiger partial charge in [0.05, 0.1) is 6.54 Å². The summed E-state index contributed by atoms with van der Waals surface area (Å²) in [5, 5.41) is 25.7. The van der Waals surface area contributed by atoms with E-state index in [0.717, 1.165) is 0 Å². The van der Waals surface area contributed by atoms with E-state index in [2.05, 4.69) is 0 Å². The zero-order valence-electron chi connectivity index (χ0n) is 4.03. The van der Waals surface area contributed by atoms with Gasteiger partial charge >= 0.3 is 5.97 Å². The molecule has 48 valence electrons. The highest BCUT2D eigenvalue weighted by Gasteiger charge is 1.97. The molecule has 0 aromatic heterocycles. The summed E-state index contributed by atoms with van der Waals surface area (Å²) in [7, 11) is 0. The third-order valence-corrected chi connectivity index (χ3v) is 0.436. The largest absolute Gasteiger partial charge is 0.480 e. The molecule has 0 bridgehead atoms. The molecule has 0 aliphatic heterocycles. The Morgan fingerprint density at radius 2 is 2.12 bits per heavy atom. The Morgan fingerprint density at radius 3 is 2.25 bits per heavy atom. The van der Waals surface area contributed by atoms with Gasteiger partial charge in [0.15, 0.2) is 0 Å². The van der Waals surface area contributed by atoms with Crippen LogP contribution in [0.1, 0.15) is 0 Å². The van der Waals surface area contributed by atoms with E-state index in [1.54, 1.807) is 0 Å². The van der Waals surface area contributed by atoms with Crippen molar-refractivity contribution in [3.63, 3.8) is 0 Å². The fraction of sp³-hybridized carbons (Fsp3) is 0.667. The molecule has 0 saturated heterocycles. The number of hydrogen-bond acceptors (Lipinski definition) is 4. The molecule has 5 nitrogen and oxygen atoms in total. The van der Waals surface area contributed by atoms with Crippen molar-refractivity contribution in [2.75, 3.05) is 6.54 Å². The molecule has 4 N–H and O–H groups in total. The van der Waals surface area contributed by atoms with Gasteiger partial charge in [0.2, 0.25) is 6.41 Å². The fourth-order valence-corrected chi connectivity index (χ4v) is 0.179. The lowest BCUT2D eigenvalue weighted by Crippen LogP contribution is -2.32. The lowest BCUT2D eigenvalue weighted by molar-refractivity contribution is -0.139. The quantitative estimate of drug-likeness (QED) is 0.322. The van der Waals surface area contributed by atoms with Crippen molar-refractivity contribution < 1.29 is 20.1 Å². The smallest absolute Gasteiger partial charge is 0.317 e. The molecule has 0 heterocycles. The van der Waals surface area contributed by atoms with Gasteiger partial charge < -0.3 is 15.3 Å². The van der Waals surface area contributed by atoms with Crippen molar-refractivity contribution in [2.45, 2.75) is 6.41 Å². The first-order chi connectivity index (χ1) is 3.63. The Kier molecular flexibility index (Phi) is 3.09. The number of rotatable bonds is 3. The van der Waals surface area contributed by atoms with E-state index >= 15 is 0 Å². The van der Waals surface area contributed by atoms with Crippen LogP contribution in [-0.4, -0.2) is 34.2 Å². The van der Waals surface area contributed by atoms with E-state index in [4.69, 9.17) is 15.3 Å². The van der Waals surface area contributed by atoms with Gasteiger partial charge in [-0.05, 0) is 0 Å². The highest BCUT2D eigenvalue weighted by atomic mass is 16.5. The highest BCUT2D eigenvalue weighted by Crippen LogP contribution is 1.63. The molecule has 0 atom stereocenters. The van der Waals surface area contributed by atoms with Gasteiger partial charge in [-0.2, -0.15) is 0 Å². The lowest BCUT2D eigenvalue weighted by atomic mass is 10.7. The zero-order valence-corrected chi connectivity index (χ0v) is 4.03. The topological polar surface area (TPSA) is 89.8 Å². The van der Waals surface area contributed by atoms with Crippen molar-refractivity contribution in [1.29, 1.82) is 0 Å². The van der Waals surface area contributed by atoms with Gasteiger partial charge in [0.1, 0.15) is 0 Å². The Balaban J connectivity index is 3.05. The zero-order chi connectivity index (χ0) is 6.57. The van der Waals surface area contributed by atoms with Gasteiger partial charge in [0, 0.05) is 0 Å². The summed E-state index contributed by atoms with van der Waals surface area (Å²) in [5.74, 6) is -1.13. The van der Waals surface area contributed by atoms with Gasteiger partial charge in [-0.25, -0.2) is 0 Å². The van der Waals surface area contributed by atoms with E-state index in [9.17, 15) is 4.79 Å². The Morgan fingerprint density at radius 1 is 1.62 bits per heavy atom. The maximum atomic E-state index is 9.62. The van der Waals surface area contributed by atoms with Crippen LogP contribution < -0.4 is 5.32 Å². The van der Waals surface area contributed by atoms with Crippen molar-refractivity contribution >= 4 is 5.97 Å². The van der Waals surface area contributed by atoms with Crippen LogP contribution >= 0.6 is 0 Å². The normalized spacial score (nSPS) is 9.88. The van der Waals surface area contributed by atoms with Crippen LogP contribution in [0.5, 0.6) is 0 Å². The fourth-order valence-electron chi connectivity index (χ4n) is 0.179. The number of nitrogens with one attached hydrogen (secondary N) is 1. The first-order valence-electron chi connectivity index (χ1n) is 1.94. The van der Waals surface area contributed by atoms with E-state index in [0.29, 0.717) is 0 Å². The van der Waals surface area contributed by atoms with Crippen LogP contribution in [0.4, 0.5) is 0 Å². The van der Waals surface area contributed by atoms with Gasteiger partial charge in [-0.1, -0.05) is 0 Å². The minimum Gasteiger partial charge on any atom is -0.480 e. The van der Waals surface area contributed by atoms with E-state index in [1.807, 2.05) is 5.32 Å². The lowest BCUT2D eigenvalue weighted by Gasteiger charge is -2.00. The third-order valence-electron chi connectivity index (χ3n) is 0.436. The summed E-state index contributed by atoms with van der Waals surface area (Å²) in [6, 6.07) is 0. The standard InChI is InChI=1S/C3H7NO4/c5-2(6)1-4-3(7)8/h3-4,7-8H,1H2,(H,5,6). The Labute approximate surface area is 45.6 Å². The number of aliphatic hydroxyl groups excluding tert-OH is 1. The van der Waals surface area contributed by atoms with Crippen LogP contribution in [0, 0.1) is 0 Å². The van der Waals surface area contributed by atoms with E-state index in [-0.39, 0.29) is 0 Å². The van der Waals surface area contributed by atoms with Crippen LogP contribution in [-0.2, 0) is 4.79 Å². The Hall–Kier alpha value is -0.650. The molecule has 0 rings (SSSR count). The minimum atomic E-state index is -1.74. The Bertz CT molecular complexity index is 81.4. The summed E-state index contributed by atoms with van der Waals surface area (Å²) in [5.41, 5.74) is 0. The van der Waals surface area contributed by atoms with Crippen LogP contribution in [0.2, 0.25) is 0 Å². The summed E-state index contributed by atoms with van der Waals surface area (Å²) in [6.07, 6.45) is -1.74. The first kappa shape index (κ1) is 7.35. The summed E-state index contributed by atoms with van der Waals surface area (Å²) in [4.78, 5) is 9.62. The van der Waals surface area contributed by atoms with Gasteiger partial charge in [-0.15, -0.1) is 0 Å². The SMILES string of the molecule is O=C(O)CNC(O)O. The molecule has 0 aliphatic rings. The molecule has 0 unspecified atom stereocenters. The van der Waals surface area contributed by atoms with Gasteiger partial charge in [-0.3, -0.25) is 10.1 Å². The van der Waals surface area contributed by atoms with E-state index in [1.165, 1.54) is 0 Å². The van der Waals surface area contributed by atoms with Crippen LogP contribution in [0.15, 0.2) is 0 Å². The van der Waals surface area contributed by atoms with Crippen molar-refractivity contribution in [2.24, 2.45) is 0 Å². The predicted octanol–water partition coefficient (Wildman–Crippen LogP) is -2.07. The molecule has 0 aromatic rings. The molecule has 0 amide bonds. The number of aliphatic hydroxyl groups is 2. The number of hydrogen-bond donors (Lipinski definition) is 4. The average Bonchev–Trinajstić information content (AvgIpc) is 1.61. The molecular weight excluding hydrogens is 114 g/mol. The summed E-state index contributed by atoms with van der Waals surface area (Å²) in [6.45, 7) is -0.447. The molecule has 0 saturated carbocycles. The first-order valence-corrected chi connectivity index (χ1v) is 1.94. The molecule has 0 spiro atoms. The second-order valence-corrected chi connectivity index (χ2v) is 1.15.